The van der Waals surface area contributed by atoms with Gasteiger partial charge in [-0.15, -0.1) is 0 Å². The maximum Gasteiger partial charge on any atom is 0.330 e. The summed E-state index contributed by atoms with van der Waals surface area (Å²) in [6.07, 6.45) is 7.74. The third kappa shape index (κ3) is 8.04. The third-order valence-electron chi connectivity index (χ3n) is 2.03. The van der Waals surface area contributed by atoms with Crippen LogP contribution >= 0.6 is 0 Å². The molecule has 0 saturated heterocycles. The fourth-order valence-electron chi connectivity index (χ4n) is 0.992. The summed E-state index contributed by atoms with van der Waals surface area (Å²) in [7, 11) is 0. The number of rotatable bonds is 6. The molecule has 0 radical (unpaired) electrons. The van der Waals surface area contributed by atoms with E-state index in [4.69, 9.17) is 4.74 Å². The first-order chi connectivity index (χ1) is 7.45. The van der Waals surface area contributed by atoms with E-state index in [0.717, 1.165) is 12.0 Å². The van der Waals surface area contributed by atoms with Gasteiger partial charge < -0.3 is 4.74 Å². The molecule has 1 atom stereocenters. The molecule has 0 aliphatic rings. The summed E-state index contributed by atoms with van der Waals surface area (Å²) in [6, 6.07) is 0. The van der Waals surface area contributed by atoms with Gasteiger partial charge in [-0.3, -0.25) is 0 Å². The van der Waals surface area contributed by atoms with Crippen molar-refractivity contribution < 1.29 is 9.53 Å². The Morgan fingerprint density at radius 2 is 2.00 bits per heavy atom. The lowest BCUT2D eigenvalue weighted by Gasteiger charge is -2.09. The van der Waals surface area contributed by atoms with Crippen LogP contribution in [0.3, 0.4) is 0 Å². The van der Waals surface area contributed by atoms with E-state index in [1.165, 1.54) is 6.08 Å². The molecule has 16 heavy (non-hydrogen) atoms. The van der Waals surface area contributed by atoms with Crippen molar-refractivity contribution in [2.45, 2.75) is 40.2 Å². The molecule has 0 spiro atoms. The van der Waals surface area contributed by atoms with E-state index < -0.39 is 0 Å². The molecule has 0 heterocycles. The van der Waals surface area contributed by atoms with Crippen LogP contribution in [0.1, 0.15) is 34.1 Å². The first-order valence-corrected chi connectivity index (χ1v) is 5.63. The van der Waals surface area contributed by atoms with Crippen LogP contribution in [0.4, 0.5) is 0 Å². The SMILES string of the molecule is C=C/C(C)=C/C[C@@H](C)OC(=O)/C=C/C(C)C. The second-order valence-electron chi connectivity index (χ2n) is 4.24. The van der Waals surface area contributed by atoms with Crippen molar-refractivity contribution in [3.63, 3.8) is 0 Å². The minimum Gasteiger partial charge on any atom is -0.459 e. The zero-order valence-corrected chi connectivity index (χ0v) is 10.7. The Morgan fingerprint density at radius 3 is 2.50 bits per heavy atom. The average Bonchev–Trinajstić information content (AvgIpc) is 2.23. The summed E-state index contributed by atoms with van der Waals surface area (Å²) in [5.74, 6) is 0.0941. The minimum atomic E-state index is -0.272. The number of hydrogen-bond donors (Lipinski definition) is 0. The first kappa shape index (κ1) is 14.7. The Bertz CT molecular complexity index is 285. The summed E-state index contributed by atoms with van der Waals surface area (Å²) < 4.78 is 5.19. The van der Waals surface area contributed by atoms with Gasteiger partial charge in [-0.25, -0.2) is 4.79 Å². The minimum absolute atomic E-state index is 0.0980. The molecule has 0 rings (SSSR count). The van der Waals surface area contributed by atoms with Crippen LogP contribution in [-0.2, 0) is 9.53 Å². The van der Waals surface area contributed by atoms with E-state index in [0.29, 0.717) is 5.92 Å². The van der Waals surface area contributed by atoms with Gasteiger partial charge in [-0.1, -0.05) is 44.2 Å². The summed E-state index contributed by atoms with van der Waals surface area (Å²) in [5, 5.41) is 0. The van der Waals surface area contributed by atoms with E-state index in [1.54, 1.807) is 6.08 Å². The predicted molar refractivity (Wildman–Crippen MR) is 68.1 cm³/mol. The summed E-state index contributed by atoms with van der Waals surface area (Å²) >= 11 is 0. The van der Waals surface area contributed by atoms with Gasteiger partial charge in [0, 0.05) is 12.5 Å². The van der Waals surface area contributed by atoms with Gasteiger partial charge in [0.15, 0.2) is 0 Å². The van der Waals surface area contributed by atoms with Crippen molar-refractivity contribution in [1.82, 2.24) is 0 Å². The lowest BCUT2D eigenvalue weighted by atomic mass is 10.2. The highest BCUT2D eigenvalue weighted by atomic mass is 16.5. The van der Waals surface area contributed by atoms with Gasteiger partial charge in [0.1, 0.15) is 6.10 Å². The lowest BCUT2D eigenvalue weighted by molar-refractivity contribution is -0.142. The quantitative estimate of drug-likeness (QED) is 0.389. The maximum atomic E-state index is 11.3. The zero-order valence-electron chi connectivity index (χ0n) is 10.7. The Balaban J connectivity index is 4.01. The van der Waals surface area contributed by atoms with Crippen molar-refractivity contribution in [1.29, 1.82) is 0 Å². The summed E-state index contributed by atoms with van der Waals surface area (Å²) in [4.78, 5) is 11.3. The standard InChI is InChI=1S/C14H22O2/c1-6-12(4)8-9-13(5)16-14(15)10-7-11(2)3/h6-8,10-11,13H,1,9H2,2-5H3/b10-7+,12-8+/t13-/m1/s1. The van der Waals surface area contributed by atoms with Crippen LogP contribution in [-0.4, -0.2) is 12.1 Å². The molecule has 0 aromatic carbocycles. The number of carbonyl (C=O) groups is 1. The molecule has 0 bridgehead atoms. The fraction of sp³-hybridized carbons (Fsp3) is 0.500. The van der Waals surface area contributed by atoms with Crippen LogP contribution < -0.4 is 0 Å². The van der Waals surface area contributed by atoms with Gasteiger partial charge in [0.05, 0.1) is 0 Å². The molecule has 2 heteroatoms. The second-order valence-corrected chi connectivity index (χ2v) is 4.24. The Kier molecular flexibility index (Phi) is 7.27. The molecule has 2 nitrogen and oxygen atoms in total. The van der Waals surface area contributed by atoms with Gasteiger partial charge in [0.2, 0.25) is 0 Å². The molecule has 0 fully saturated rings. The molecule has 0 N–H and O–H groups in total. The second kappa shape index (κ2) is 7.91. The Morgan fingerprint density at radius 1 is 1.38 bits per heavy atom. The highest BCUT2D eigenvalue weighted by Crippen LogP contribution is 2.04. The van der Waals surface area contributed by atoms with Crippen molar-refractivity contribution >= 4 is 5.97 Å². The normalized spacial score (nSPS) is 14.2. The third-order valence-corrected chi connectivity index (χ3v) is 2.03. The van der Waals surface area contributed by atoms with Crippen molar-refractivity contribution in [3.8, 4) is 0 Å². The molecule has 0 unspecified atom stereocenters. The average molecular weight is 222 g/mol. The number of carbonyl (C=O) groups excluding carboxylic acids is 1. The van der Waals surface area contributed by atoms with Crippen LogP contribution in [0.2, 0.25) is 0 Å². The Labute approximate surface area is 98.7 Å². The van der Waals surface area contributed by atoms with Crippen molar-refractivity contribution in [3.05, 3.63) is 36.5 Å². The van der Waals surface area contributed by atoms with E-state index in [2.05, 4.69) is 6.58 Å². The molecule has 0 aromatic heterocycles. The van der Waals surface area contributed by atoms with Gasteiger partial charge in [0.25, 0.3) is 0 Å². The molecule has 0 amide bonds. The summed E-state index contributed by atoms with van der Waals surface area (Å²) in [6.45, 7) is 11.6. The Hall–Kier alpha value is -1.31. The van der Waals surface area contributed by atoms with Crippen LogP contribution in [0.25, 0.3) is 0 Å². The van der Waals surface area contributed by atoms with E-state index >= 15 is 0 Å². The van der Waals surface area contributed by atoms with Gasteiger partial charge >= 0.3 is 5.97 Å². The maximum absolute atomic E-state index is 11.3. The van der Waals surface area contributed by atoms with E-state index in [-0.39, 0.29) is 12.1 Å². The molecular weight excluding hydrogens is 200 g/mol. The first-order valence-electron chi connectivity index (χ1n) is 5.63. The molecule has 0 saturated carbocycles. The topological polar surface area (TPSA) is 26.3 Å². The molecule has 0 aliphatic heterocycles. The number of hydrogen-bond acceptors (Lipinski definition) is 2. The number of allylic oxidation sites excluding steroid dienone is 3. The zero-order chi connectivity index (χ0) is 12.6. The largest absolute Gasteiger partial charge is 0.459 e. The van der Waals surface area contributed by atoms with Gasteiger partial charge in [-0.2, -0.15) is 0 Å². The lowest BCUT2D eigenvalue weighted by Crippen LogP contribution is -2.12. The molecule has 0 aromatic rings. The summed E-state index contributed by atoms with van der Waals surface area (Å²) in [5.41, 5.74) is 1.10. The fourth-order valence-corrected chi connectivity index (χ4v) is 0.992. The highest BCUT2D eigenvalue weighted by Gasteiger charge is 2.04. The van der Waals surface area contributed by atoms with Crippen molar-refractivity contribution in [2.75, 3.05) is 0 Å². The van der Waals surface area contributed by atoms with E-state index in [1.807, 2.05) is 39.8 Å². The number of ether oxygens (including phenoxy) is 1. The monoisotopic (exact) mass is 222 g/mol. The molecular formula is C14H22O2. The highest BCUT2D eigenvalue weighted by molar-refractivity contribution is 5.82. The van der Waals surface area contributed by atoms with Crippen LogP contribution in [0.15, 0.2) is 36.5 Å². The van der Waals surface area contributed by atoms with E-state index in [9.17, 15) is 4.79 Å². The van der Waals surface area contributed by atoms with Crippen molar-refractivity contribution in [2.24, 2.45) is 5.92 Å². The smallest absolute Gasteiger partial charge is 0.330 e. The van der Waals surface area contributed by atoms with Gasteiger partial charge in [-0.05, 0) is 19.8 Å². The predicted octanol–water partition coefficient (Wildman–Crippen LogP) is 3.65. The van der Waals surface area contributed by atoms with Crippen LogP contribution in [0.5, 0.6) is 0 Å². The molecule has 0 aliphatic carbocycles. The molecule has 90 valence electrons. The number of esters is 1. The van der Waals surface area contributed by atoms with Crippen LogP contribution in [0, 0.1) is 5.92 Å².